The van der Waals surface area contributed by atoms with Crippen LogP contribution < -0.4 is 25.6 Å². The van der Waals surface area contributed by atoms with Gasteiger partial charge in [0.2, 0.25) is 0 Å². The number of piperazine rings is 1. The van der Waals surface area contributed by atoms with Crippen molar-refractivity contribution in [1.29, 1.82) is 0 Å². The van der Waals surface area contributed by atoms with Gasteiger partial charge in [-0.25, -0.2) is 19.2 Å². The van der Waals surface area contributed by atoms with Crippen molar-refractivity contribution in [2.75, 3.05) is 61.2 Å². The fourth-order valence-electron chi connectivity index (χ4n) is 3.48. The van der Waals surface area contributed by atoms with Gasteiger partial charge in [-0.15, -0.1) is 0 Å². The summed E-state index contributed by atoms with van der Waals surface area (Å²) in [5, 5.41) is 8.47. The van der Waals surface area contributed by atoms with Gasteiger partial charge in [0.1, 0.15) is 18.0 Å². The predicted molar refractivity (Wildman–Crippen MR) is 127 cm³/mol. The summed E-state index contributed by atoms with van der Waals surface area (Å²) in [5.41, 5.74) is 2.45. The number of rotatable bonds is 6. The molecule has 0 spiro atoms. The summed E-state index contributed by atoms with van der Waals surface area (Å²) >= 11 is 0. The van der Waals surface area contributed by atoms with Gasteiger partial charge in [0, 0.05) is 55.4 Å². The molecule has 1 aliphatic rings. The summed E-state index contributed by atoms with van der Waals surface area (Å²) < 4.78 is 18.5. The van der Waals surface area contributed by atoms with Gasteiger partial charge in [-0.05, 0) is 43.4 Å². The number of ether oxygens (including phenoxy) is 1. The first-order valence-electron chi connectivity index (χ1n) is 10.5. The number of likely N-dealkylation sites (N-methyl/N-ethyl adjacent to an activating group) is 1. The Bertz CT molecular complexity index is 1100. The summed E-state index contributed by atoms with van der Waals surface area (Å²) in [4.78, 5) is 25.3. The van der Waals surface area contributed by atoms with Gasteiger partial charge in [0.25, 0.3) is 0 Å². The molecule has 0 unspecified atom stereocenters. The average Bonchev–Trinajstić information content (AvgIpc) is 2.81. The number of hydrogen-bond donors (Lipinski definition) is 3. The smallest absolute Gasteiger partial charge is 0.324 e. The fraction of sp³-hybridized carbons (Fsp3) is 0.261. The van der Waals surface area contributed by atoms with Crippen molar-refractivity contribution < 1.29 is 13.9 Å². The molecule has 3 N–H and O–H groups in total. The Labute approximate surface area is 191 Å². The molecule has 1 aromatic heterocycles. The van der Waals surface area contributed by atoms with Crippen LogP contribution in [0.2, 0.25) is 0 Å². The highest BCUT2D eigenvalue weighted by Crippen LogP contribution is 2.23. The van der Waals surface area contributed by atoms with Crippen LogP contribution in [0.4, 0.5) is 37.9 Å². The minimum atomic E-state index is -0.523. The minimum absolute atomic E-state index is 0.0416. The summed E-state index contributed by atoms with van der Waals surface area (Å²) in [6.45, 7) is 4.13. The summed E-state index contributed by atoms with van der Waals surface area (Å²) in [5.74, 6) is 0.385. The van der Waals surface area contributed by atoms with Crippen molar-refractivity contribution in [3.05, 3.63) is 60.7 Å². The zero-order chi connectivity index (χ0) is 23.2. The Morgan fingerprint density at radius 2 is 1.64 bits per heavy atom. The summed E-state index contributed by atoms with van der Waals surface area (Å²) in [6.07, 6.45) is 1.36. The second-order valence-electron chi connectivity index (χ2n) is 7.68. The number of nitrogens with one attached hydrogen (secondary N) is 3. The standard InChI is InChI=1S/C23H26FN7O2/c1-30-9-11-31(12-10-30)18-6-3-16(4-7-18)27-21-14-22(26-15-25-21)29-23(32)28-17-5-8-19(24)20(13-17)33-2/h3-8,13-15H,9-12H2,1-2H3,(H3,25,26,27,28,29,32). The highest BCUT2D eigenvalue weighted by atomic mass is 19.1. The normalized spacial score (nSPS) is 14.0. The molecule has 2 amide bonds. The first kappa shape index (κ1) is 22.3. The highest BCUT2D eigenvalue weighted by Gasteiger charge is 2.14. The number of aromatic nitrogens is 2. The lowest BCUT2D eigenvalue weighted by Crippen LogP contribution is -2.44. The molecule has 0 aliphatic carbocycles. The molecule has 10 heteroatoms. The number of halogens is 1. The van der Waals surface area contributed by atoms with Crippen molar-refractivity contribution in [3.63, 3.8) is 0 Å². The lowest BCUT2D eigenvalue weighted by Gasteiger charge is -2.34. The van der Waals surface area contributed by atoms with Crippen molar-refractivity contribution in [2.45, 2.75) is 0 Å². The van der Waals surface area contributed by atoms with Gasteiger partial charge >= 0.3 is 6.03 Å². The van der Waals surface area contributed by atoms with Crippen LogP contribution in [0.5, 0.6) is 5.75 Å². The predicted octanol–water partition coefficient (Wildman–Crippen LogP) is 3.76. The van der Waals surface area contributed by atoms with E-state index in [0.717, 1.165) is 31.9 Å². The van der Waals surface area contributed by atoms with Gasteiger partial charge in [0.05, 0.1) is 7.11 Å². The molecule has 0 atom stereocenters. The van der Waals surface area contributed by atoms with Crippen LogP contribution in [-0.2, 0) is 0 Å². The van der Waals surface area contributed by atoms with Crippen molar-refractivity contribution in [3.8, 4) is 5.75 Å². The van der Waals surface area contributed by atoms with E-state index < -0.39 is 11.8 Å². The maximum Gasteiger partial charge on any atom is 0.324 e. The second-order valence-corrected chi connectivity index (χ2v) is 7.68. The van der Waals surface area contributed by atoms with Crippen molar-refractivity contribution >= 4 is 34.7 Å². The molecule has 3 aromatic rings. The van der Waals surface area contributed by atoms with Gasteiger partial charge < -0.3 is 25.2 Å². The Hall–Kier alpha value is -3.92. The number of methoxy groups -OCH3 is 1. The number of nitrogens with zero attached hydrogens (tertiary/aromatic N) is 4. The molecule has 2 aromatic carbocycles. The number of hydrogen-bond acceptors (Lipinski definition) is 7. The number of amides is 2. The lowest BCUT2D eigenvalue weighted by atomic mass is 10.2. The Balaban J connectivity index is 1.35. The molecular weight excluding hydrogens is 425 g/mol. The van der Waals surface area contributed by atoms with E-state index in [4.69, 9.17) is 4.74 Å². The van der Waals surface area contributed by atoms with Crippen LogP contribution in [0.1, 0.15) is 0 Å². The summed E-state index contributed by atoms with van der Waals surface area (Å²) in [7, 11) is 3.50. The molecule has 9 nitrogen and oxygen atoms in total. The lowest BCUT2D eigenvalue weighted by molar-refractivity contribution is 0.262. The SMILES string of the molecule is COc1cc(NC(=O)Nc2cc(Nc3ccc(N4CCN(C)CC4)cc3)ncn2)ccc1F. The van der Waals surface area contributed by atoms with E-state index in [2.05, 4.69) is 54.9 Å². The Kier molecular flexibility index (Phi) is 6.84. The van der Waals surface area contributed by atoms with E-state index >= 15 is 0 Å². The highest BCUT2D eigenvalue weighted by molar-refractivity contribution is 5.99. The average molecular weight is 452 g/mol. The molecule has 4 rings (SSSR count). The number of carbonyl (C=O) groups is 1. The van der Waals surface area contributed by atoms with Crippen LogP contribution in [-0.4, -0.2) is 61.2 Å². The molecule has 1 saturated heterocycles. The van der Waals surface area contributed by atoms with E-state index in [9.17, 15) is 9.18 Å². The minimum Gasteiger partial charge on any atom is -0.494 e. The quantitative estimate of drug-likeness (QED) is 0.525. The molecule has 172 valence electrons. The molecule has 2 heterocycles. The third kappa shape index (κ3) is 5.86. The van der Waals surface area contributed by atoms with Crippen LogP contribution in [0, 0.1) is 5.82 Å². The Morgan fingerprint density at radius 3 is 2.36 bits per heavy atom. The zero-order valence-corrected chi connectivity index (χ0v) is 18.5. The van der Waals surface area contributed by atoms with Crippen molar-refractivity contribution in [2.24, 2.45) is 0 Å². The zero-order valence-electron chi connectivity index (χ0n) is 18.5. The topological polar surface area (TPSA) is 94.6 Å². The van der Waals surface area contributed by atoms with E-state index in [-0.39, 0.29) is 5.75 Å². The van der Waals surface area contributed by atoms with Gasteiger partial charge in [0.15, 0.2) is 11.6 Å². The van der Waals surface area contributed by atoms with E-state index in [1.807, 2.05) is 12.1 Å². The van der Waals surface area contributed by atoms with Gasteiger partial charge in [-0.2, -0.15) is 0 Å². The largest absolute Gasteiger partial charge is 0.494 e. The molecule has 33 heavy (non-hydrogen) atoms. The number of anilines is 5. The first-order valence-corrected chi connectivity index (χ1v) is 10.5. The monoisotopic (exact) mass is 451 g/mol. The van der Waals surface area contributed by atoms with E-state index in [1.165, 1.54) is 37.3 Å². The van der Waals surface area contributed by atoms with Crippen LogP contribution >= 0.6 is 0 Å². The molecule has 0 saturated carbocycles. The number of carbonyl (C=O) groups excluding carboxylic acids is 1. The van der Waals surface area contributed by atoms with E-state index in [1.54, 1.807) is 6.07 Å². The van der Waals surface area contributed by atoms with Gasteiger partial charge in [-0.3, -0.25) is 5.32 Å². The second kappa shape index (κ2) is 10.1. The van der Waals surface area contributed by atoms with Crippen LogP contribution in [0.25, 0.3) is 0 Å². The summed E-state index contributed by atoms with van der Waals surface area (Å²) in [6, 6.07) is 13.3. The van der Waals surface area contributed by atoms with E-state index in [0.29, 0.717) is 17.3 Å². The van der Waals surface area contributed by atoms with Crippen LogP contribution in [0.3, 0.4) is 0 Å². The molecule has 0 radical (unpaired) electrons. The fourth-order valence-corrected chi connectivity index (χ4v) is 3.48. The Morgan fingerprint density at radius 1 is 0.939 bits per heavy atom. The number of urea groups is 1. The molecule has 1 fully saturated rings. The third-order valence-electron chi connectivity index (χ3n) is 5.33. The van der Waals surface area contributed by atoms with Crippen molar-refractivity contribution in [1.82, 2.24) is 14.9 Å². The number of benzene rings is 2. The third-order valence-corrected chi connectivity index (χ3v) is 5.33. The first-order chi connectivity index (χ1) is 16.0. The maximum absolute atomic E-state index is 13.5. The molecule has 0 bridgehead atoms. The van der Waals surface area contributed by atoms with Crippen LogP contribution in [0.15, 0.2) is 54.9 Å². The molecular formula is C23H26FN7O2. The molecule has 1 aliphatic heterocycles. The maximum atomic E-state index is 13.5. The van der Waals surface area contributed by atoms with Gasteiger partial charge in [-0.1, -0.05) is 0 Å².